The molecule has 1 atom stereocenters. The van der Waals surface area contributed by atoms with Gasteiger partial charge in [0.15, 0.2) is 6.10 Å². The molecule has 0 saturated heterocycles. The minimum Gasteiger partial charge on any atom is -0.462 e. The molecular formula is C62H114O6. The summed E-state index contributed by atoms with van der Waals surface area (Å²) in [6.07, 6.45) is 68.5. The van der Waals surface area contributed by atoms with Gasteiger partial charge in [0, 0.05) is 19.3 Å². The Balaban J connectivity index is 4.32. The van der Waals surface area contributed by atoms with Gasteiger partial charge in [0.25, 0.3) is 0 Å². The average Bonchev–Trinajstić information content (AvgIpc) is 3.34. The van der Waals surface area contributed by atoms with Crippen molar-refractivity contribution in [2.45, 2.75) is 329 Å². The Kier molecular flexibility index (Phi) is 55.2. The van der Waals surface area contributed by atoms with Crippen LogP contribution in [0.2, 0.25) is 0 Å². The van der Waals surface area contributed by atoms with Crippen LogP contribution in [-0.4, -0.2) is 37.2 Å². The van der Waals surface area contributed by atoms with Crippen molar-refractivity contribution in [3.63, 3.8) is 0 Å². The lowest BCUT2D eigenvalue weighted by atomic mass is 10.1. The number of unbranched alkanes of at least 4 members (excludes halogenated alkanes) is 38. The molecule has 0 rings (SSSR count). The van der Waals surface area contributed by atoms with Crippen LogP contribution in [0.4, 0.5) is 0 Å². The fourth-order valence-electron chi connectivity index (χ4n) is 8.78. The van der Waals surface area contributed by atoms with Gasteiger partial charge in [0.2, 0.25) is 0 Å². The molecule has 0 aliphatic rings. The molecule has 68 heavy (non-hydrogen) atoms. The highest BCUT2D eigenvalue weighted by atomic mass is 16.6. The van der Waals surface area contributed by atoms with Crippen LogP contribution >= 0.6 is 0 Å². The number of rotatable bonds is 55. The number of hydrogen-bond donors (Lipinski definition) is 0. The van der Waals surface area contributed by atoms with Gasteiger partial charge >= 0.3 is 17.9 Å². The van der Waals surface area contributed by atoms with Crippen LogP contribution in [0, 0.1) is 0 Å². The first-order valence-electron chi connectivity index (χ1n) is 30.0. The molecule has 6 nitrogen and oxygen atoms in total. The van der Waals surface area contributed by atoms with Gasteiger partial charge in [-0.25, -0.2) is 0 Å². The minimum atomic E-state index is -0.779. The van der Waals surface area contributed by atoms with Gasteiger partial charge in [-0.1, -0.05) is 243 Å². The Morgan fingerprint density at radius 1 is 0.279 bits per heavy atom. The third kappa shape index (κ3) is 54.6. The van der Waals surface area contributed by atoms with Crippen molar-refractivity contribution >= 4 is 17.9 Å². The molecule has 0 spiro atoms. The highest BCUT2D eigenvalue weighted by molar-refractivity contribution is 5.71. The number of hydrogen-bond acceptors (Lipinski definition) is 6. The lowest BCUT2D eigenvalue weighted by Crippen LogP contribution is -2.30. The Morgan fingerprint density at radius 2 is 0.485 bits per heavy atom. The van der Waals surface area contributed by atoms with E-state index in [4.69, 9.17) is 14.2 Å². The van der Waals surface area contributed by atoms with Crippen LogP contribution < -0.4 is 0 Å². The normalized spacial score (nSPS) is 12.2. The fourth-order valence-corrected chi connectivity index (χ4v) is 8.78. The summed E-state index contributed by atoms with van der Waals surface area (Å²) in [5.41, 5.74) is 0. The molecule has 0 heterocycles. The summed E-state index contributed by atoms with van der Waals surface area (Å²) in [6.45, 7) is 6.65. The summed E-state index contributed by atoms with van der Waals surface area (Å²) in [5, 5.41) is 0. The Labute approximate surface area is 423 Å². The zero-order valence-electron chi connectivity index (χ0n) is 45.6. The average molecular weight is 956 g/mol. The molecule has 398 valence electrons. The smallest absolute Gasteiger partial charge is 0.306 e. The maximum Gasteiger partial charge on any atom is 0.306 e. The molecule has 0 aliphatic carbocycles. The van der Waals surface area contributed by atoms with E-state index in [0.29, 0.717) is 19.3 Å². The van der Waals surface area contributed by atoms with Crippen molar-refractivity contribution in [1.82, 2.24) is 0 Å². The number of carbonyl (C=O) groups excluding carboxylic acids is 3. The third-order valence-electron chi connectivity index (χ3n) is 13.3. The minimum absolute atomic E-state index is 0.0768. The van der Waals surface area contributed by atoms with Gasteiger partial charge in [0.05, 0.1) is 0 Å². The van der Waals surface area contributed by atoms with Gasteiger partial charge in [-0.2, -0.15) is 0 Å². The van der Waals surface area contributed by atoms with Crippen molar-refractivity contribution in [3.8, 4) is 0 Å². The van der Waals surface area contributed by atoms with Gasteiger partial charge in [-0.3, -0.25) is 14.4 Å². The second kappa shape index (κ2) is 57.2. The van der Waals surface area contributed by atoms with Crippen molar-refractivity contribution < 1.29 is 28.6 Å². The molecule has 0 amide bonds. The zero-order chi connectivity index (χ0) is 49.3. The first kappa shape index (κ1) is 65.6. The lowest BCUT2D eigenvalue weighted by molar-refractivity contribution is -0.167. The van der Waals surface area contributed by atoms with Crippen LogP contribution in [-0.2, 0) is 28.6 Å². The predicted molar refractivity (Wildman–Crippen MR) is 293 cm³/mol. The van der Waals surface area contributed by atoms with Crippen LogP contribution in [0.15, 0.2) is 36.5 Å². The van der Waals surface area contributed by atoms with Crippen molar-refractivity contribution in [1.29, 1.82) is 0 Å². The quantitative estimate of drug-likeness (QED) is 0.0262. The number of esters is 3. The van der Waals surface area contributed by atoms with Crippen LogP contribution in [0.5, 0.6) is 0 Å². The Morgan fingerprint density at radius 3 is 0.750 bits per heavy atom. The first-order valence-corrected chi connectivity index (χ1v) is 30.0. The Hall–Kier alpha value is -2.37. The summed E-state index contributed by atoms with van der Waals surface area (Å²) in [7, 11) is 0. The summed E-state index contributed by atoms with van der Waals surface area (Å²) in [6, 6.07) is 0. The molecule has 0 aromatic carbocycles. The summed E-state index contributed by atoms with van der Waals surface area (Å²) < 4.78 is 16.9. The highest BCUT2D eigenvalue weighted by Gasteiger charge is 2.19. The summed E-state index contributed by atoms with van der Waals surface area (Å²) >= 11 is 0. The SMILES string of the molecule is CCCCCC/C=C\CCCCCCCC(=O)OCC(COC(=O)CCCCCCCCCCC/C=C\CCCCCCCCCC)OC(=O)CCCCCCC/C=C\CCCCCCCCC. The van der Waals surface area contributed by atoms with Crippen LogP contribution in [0.1, 0.15) is 323 Å². The summed E-state index contributed by atoms with van der Waals surface area (Å²) in [5.74, 6) is -0.880. The van der Waals surface area contributed by atoms with Gasteiger partial charge in [-0.05, 0) is 96.3 Å². The molecule has 0 aromatic heterocycles. The van der Waals surface area contributed by atoms with Crippen molar-refractivity contribution in [3.05, 3.63) is 36.5 Å². The lowest BCUT2D eigenvalue weighted by Gasteiger charge is -2.18. The second-order valence-corrected chi connectivity index (χ2v) is 20.2. The predicted octanol–water partition coefficient (Wildman–Crippen LogP) is 20.0. The van der Waals surface area contributed by atoms with E-state index in [0.717, 1.165) is 70.6 Å². The van der Waals surface area contributed by atoms with Crippen molar-refractivity contribution in [2.24, 2.45) is 0 Å². The zero-order valence-corrected chi connectivity index (χ0v) is 45.6. The molecular weight excluding hydrogens is 841 g/mol. The highest BCUT2D eigenvalue weighted by Crippen LogP contribution is 2.16. The molecule has 1 unspecified atom stereocenters. The molecule has 0 bridgehead atoms. The number of ether oxygens (including phenoxy) is 3. The van der Waals surface area contributed by atoms with E-state index in [1.165, 1.54) is 212 Å². The monoisotopic (exact) mass is 955 g/mol. The molecule has 6 heteroatoms. The first-order chi connectivity index (χ1) is 33.5. The van der Waals surface area contributed by atoms with Gasteiger partial charge < -0.3 is 14.2 Å². The largest absolute Gasteiger partial charge is 0.462 e. The number of carbonyl (C=O) groups is 3. The van der Waals surface area contributed by atoms with E-state index in [1.54, 1.807) is 0 Å². The molecule has 0 fully saturated rings. The standard InChI is InChI=1S/C62H114O6/c1-4-7-10-13-16-19-22-25-27-29-30-31-32-33-35-37-40-43-46-49-52-55-61(64)67-58-59(57-66-60(63)54-51-48-45-42-39-36-24-21-18-15-12-9-6-3)68-62(65)56-53-50-47-44-41-38-34-28-26-23-20-17-14-11-8-5-2/h21,24,28-30,34,59H,4-20,22-23,25-27,31-33,35-58H2,1-3H3/b24-21-,30-29-,34-28-. The van der Waals surface area contributed by atoms with E-state index in [9.17, 15) is 14.4 Å². The van der Waals surface area contributed by atoms with Crippen LogP contribution in [0.3, 0.4) is 0 Å². The molecule has 0 N–H and O–H groups in total. The molecule has 0 radical (unpaired) electrons. The summed E-state index contributed by atoms with van der Waals surface area (Å²) in [4.78, 5) is 38.2. The number of allylic oxidation sites excluding steroid dienone is 6. The van der Waals surface area contributed by atoms with Gasteiger partial charge in [0.1, 0.15) is 13.2 Å². The maximum absolute atomic E-state index is 12.9. The second-order valence-electron chi connectivity index (χ2n) is 20.2. The van der Waals surface area contributed by atoms with E-state index in [1.807, 2.05) is 0 Å². The fraction of sp³-hybridized carbons (Fsp3) is 0.855. The maximum atomic E-state index is 12.9. The van der Waals surface area contributed by atoms with Crippen molar-refractivity contribution in [2.75, 3.05) is 13.2 Å². The molecule has 0 aliphatic heterocycles. The molecule has 0 saturated carbocycles. The third-order valence-corrected chi connectivity index (χ3v) is 13.3. The molecule has 0 aromatic rings. The van der Waals surface area contributed by atoms with Gasteiger partial charge in [-0.15, -0.1) is 0 Å². The Bertz CT molecular complexity index is 1140. The van der Waals surface area contributed by atoms with E-state index < -0.39 is 6.10 Å². The van der Waals surface area contributed by atoms with Crippen LogP contribution in [0.25, 0.3) is 0 Å². The van der Waals surface area contributed by atoms with E-state index in [2.05, 4.69) is 57.2 Å². The topological polar surface area (TPSA) is 78.9 Å². The van der Waals surface area contributed by atoms with E-state index in [-0.39, 0.29) is 31.1 Å². The van der Waals surface area contributed by atoms with E-state index >= 15 is 0 Å².